The van der Waals surface area contributed by atoms with Gasteiger partial charge in [-0.05, 0) is 54.5 Å². The third-order valence-corrected chi connectivity index (χ3v) is 5.98. The number of benzene rings is 1. The third-order valence-electron chi connectivity index (χ3n) is 4.96. The Bertz CT molecular complexity index is 1020. The highest BCUT2D eigenvalue weighted by Crippen LogP contribution is 2.41. The maximum Gasteiger partial charge on any atom is 0.154 e. The lowest BCUT2D eigenvalue weighted by molar-refractivity contribution is 0.595. The van der Waals surface area contributed by atoms with E-state index in [1.54, 1.807) is 28.5 Å². The number of fused-ring (bicyclic) bond motifs is 1. The van der Waals surface area contributed by atoms with E-state index >= 15 is 0 Å². The summed E-state index contributed by atoms with van der Waals surface area (Å²) >= 11 is 6.74. The number of hydrogen-bond acceptors (Lipinski definition) is 5. The average Bonchev–Trinajstić information content (AvgIpc) is 3.24. The van der Waals surface area contributed by atoms with E-state index in [1.807, 2.05) is 24.5 Å². The maximum absolute atomic E-state index is 14.0. The number of thiocarbonyl (C=S) groups is 1. The lowest BCUT2D eigenvalue weighted by atomic mass is 10.0. The molecule has 0 saturated carbocycles. The Morgan fingerprint density at radius 2 is 2.15 bits per heavy atom. The van der Waals surface area contributed by atoms with Gasteiger partial charge in [-0.1, -0.05) is 19.1 Å². The SMILES string of the molecule is CSc1ccc(F)cc1[C@H]1C[C@H](C)CN1c1ccc2ncc(C(N)=S)n2n1. The molecule has 8 heteroatoms. The first-order valence-electron chi connectivity index (χ1n) is 8.72. The van der Waals surface area contributed by atoms with Gasteiger partial charge in [0.1, 0.15) is 22.3 Å². The molecule has 27 heavy (non-hydrogen) atoms. The van der Waals surface area contributed by atoms with Crippen LogP contribution in [0.4, 0.5) is 10.2 Å². The molecule has 3 aromatic rings. The molecular formula is C19H20FN5S2. The Hall–Kier alpha value is -2.19. The van der Waals surface area contributed by atoms with E-state index in [4.69, 9.17) is 23.1 Å². The minimum atomic E-state index is -0.212. The summed E-state index contributed by atoms with van der Waals surface area (Å²) in [4.78, 5) is 7.89. The summed E-state index contributed by atoms with van der Waals surface area (Å²) in [6.07, 6.45) is 4.60. The minimum Gasteiger partial charge on any atom is -0.388 e. The van der Waals surface area contributed by atoms with E-state index < -0.39 is 0 Å². The molecule has 5 nitrogen and oxygen atoms in total. The Labute approximate surface area is 166 Å². The molecule has 1 saturated heterocycles. The molecule has 0 unspecified atom stereocenters. The first kappa shape index (κ1) is 18.2. The monoisotopic (exact) mass is 401 g/mol. The van der Waals surface area contributed by atoms with E-state index in [9.17, 15) is 4.39 Å². The highest BCUT2D eigenvalue weighted by molar-refractivity contribution is 7.98. The van der Waals surface area contributed by atoms with Crippen molar-refractivity contribution in [3.8, 4) is 0 Å². The zero-order valence-electron chi connectivity index (χ0n) is 15.1. The normalized spacial score (nSPS) is 19.7. The summed E-state index contributed by atoms with van der Waals surface area (Å²) in [6.45, 7) is 3.06. The standard InChI is InChI=1S/C19H20FN5S2/c1-11-7-14(13-8-12(20)3-4-16(13)27-2)24(10-11)18-6-5-17-22-9-15(19(21)26)25(17)23-18/h3-6,8-9,11,14H,7,10H2,1-2H3,(H2,21,26)/t11-,14+/m0/s1. The Morgan fingerprint density at radius 3 is 2.89 bits per heavy atom. The highest BCUT2D eigenvalue weighted by Gasteiger charge is 2.33. The quantitative estimate of drug-likeness (QED) is 0.530. The molecule has 4 rings (SSSR count). The van der Waals surface area contributed by atoms with Gasteiger partial charge >= 0.3 is 0 Å². The number of thioether (sulfide) groups is 1. The molecule has 2 atom stereocenters. The minimum absolute atomic E-state index is 0.0694. The van der Waals surface area contributed by atoms with Gasteiger partial charge in [-0.25, -0.2) is 13.9 Å². The van der Waals surface area contributed by atoms with E-state index in [-0.39, 0.29) is 16.8 Å². The molecule has 0 radical (unpaired) electrons. The number of anilines is 1. The molecule has 1 aliphatic heterocycles. The topological polar surface area (TPSA) is 59.5 Å². The molecule has 0 aliphatic carbocycles. The molecule has 1 aromatic carbocycles. The van der Waals surface area contributed by atoms with Crippen LogP contribution in [-0.2, 0) is 0 Å². The number of nitrogens with two attached hydrogens (primary N) is 1. The zero-order valence-corrected chi connectivity index (χ0v) is 16.7. The van der Waals surface area contributed by atoms with Crippen molar-refractivity contribution in [3.05, 3.63) is 53.6 Å². The van der Waals surface area contributed by atoms with Gasteiger partial charge in [0, 0.05) is 11.4 Å². The Balaban J connectivity index is 1.80. The van der Waals surface area contributed by atoms with E-state index in [0.29, 0.717) is 17.3 Å². The van der Waals surface area contributed by atoms with Gasteiger partial charge in [0.15, 0.2) is 5.65 Å². The van der Waals surface area contributed by atoms with Crippen LogP contribution in [0.3, 0.4) is 0 Å². The van der Waals surface area contributed by atoms with Gasteiger partial charge in [-0.15, -0.1) is 16.9 Å². The molecule has 0 amide bonds. The lowest BCUT2D eigenvalue weighted by Crippen LogP contribution is -2.26. The van der Waals surface area contributed by atoms with E-state index in [2.05, 4.69) is 16.8 Å². The largest absolute Gasteiger partial charge is 0.388 e. The summed E-state index contributed by atoms with van der Waals surface area (Å²) in [7, 11) is 0. The van der Waals surface area contributed by atoms with Crippen molar-refractivity contribution in [1.82, 2.24) is 14.6 Å². The Morgan fingerprint density at radius 1 is 1.33 bits per heavy atom. The highest BCUT2D eigenvalue weighted by atomic mass is 32.2. The number of rotatable bonds is 4. The van der Waals surface area contributed by atoms with Crippen LogP contribution in [-0.4, -0.2) is 32.4 Å². The van der Waals surface area contributed by atoms with Gasteiger partial charge in [0.05, 0.1) is 12.2 Å². The third kappa shape index (κ3) is 3.27. The maximum atomic E-state index is 14.0. The van der Waals surface area contributed by atoms with Crippen LogP contribution in [0, 0.1) is 11.7 Å². The summed E-state index contributed by atoms with van der Waals surface area (Å²) < 4.78 is 15.7. The van der Waals surface area contributed by atoms with Crippen LogP contribution >= 0.6 is 24.0 Å². The van der Waals surface area contributed by atoms with E-state index in [1.165, 1.54) is 6.07 Å². The summed E-state index contributed by atoms with van der Waals surface area (Å²) in [5.41, 5.74) is 8.11. The van der Waals surface area contributed by atoms with Crippen molar-refractivity contribution in [2.24, 2.45) is 11.7 Å². The van der Waals surface area contributed by atoms with Crippen LogP contribution in [0.5, 0.6) is 0 Å². The van der Waals surface area contributed by atoms with Gasteiger partial charge in [-0.3, -0.25) is 0 Å². The first-order chi connectivity index (χ1) is 13.0. The predicted octanol–water partition coefficient (Wildman–Crippen LogP) is 3.81. The fourth-order valence-electron chi connectivity index (χ4n) is 3.74. The average molecular weight is 402 g/mol. The molecule has 1 fully saturated rings. The number of imidazole rings is 1. The van der Waals surface area contributed by atoms with Crippen molar-refractivity contribution in [1.29, 1.82) is 0 Å². The van der Waals surface area contributed by atoms with Crippen LogP contribution in [0.2, 0.25) is 0 Å². The number of halogens is 1. The van der Waals surface area contributed by atoms with Crippen molar-refractivity contribution in [2.75, 3.05) is 17.7 Å². The van der Waals surface area contributed by atoms with Gasteiger partial charge in [0.25, 0.3) is 0 Å². The number of hydrogen-bond donors (Lipinski definition) is 1. The summed E-state index contributed by atoms with van der Waals surface area (Å²) in [5.74, 6) is 1.07. The van der Waals surface area contributed by atoms with Crippen molar-refractivity contribution < 1.29 is 4.39 Å². The summed E-state index contributed by atoms with van der Waals surface area (Å²) in [5, 5.41) is 4.74. The van der Waals surface area contributed by atoms with Crippen LogP contribution in [0.25, 0.3) is 5.65 Å². The molecule has 3 heterocycles. The number of nitrogens with zero attached hydrogens (tertiary/aromatic N) is 4. The van der Waals surface area contributed by atoms with Crippen molar-refractivity contribution >= 4 is 40.4 Å². The second kappa shape index (κ2) is 7.09. The van der Waals surface area contributed by atoms with Crippen LogP contribution in [0.15, 0.2) is 41.4 Å². The summed E-state index contributed by atoms with van der Waals surface area (Å²) in [6, 6.07) is 8.95. The fourth-order valence-corrected chi connectivity index (χ4v) is 4.52. The smallest absolute Gasteiger partial charge is 0.154 e. The molecule has 140 valence electrons. The molecule has 1 aliphatic rings. The zero-order chi connectivity index (χ0) is 19.1. The van der Waals surface area contributed by atoms with Crippen molar-refractivity contribution in [2.45, 2.75) is 24.3 Å². The van der Waals surface area contributed by atoms with Gasteiger partial charge < -0.3 is 10.6 Å². The molecular weight excluding hydrogens is 381 g/mol. The fraction of sp³-hybridized carbons (Fsp3) is 0.316. The molecule has 0 bridgehead atoms. The lowest BCUT2D eigenvalue weighted by Gasteiger charge is -2.27. The molecule has 0 spiro atoms. The second-order valence-corrected chi connectivity index (χ2v) is 8.15. The van der Waals surface area contributed by atoms with E-state index in [0.717, 1.165) is 29.2 Å². The number of aromatic nitrogens is 3. The molecule has 2 N–H and O–H groups in total. The van der Waals surface area contributed by atoms with Gasteiger partial charge in [0.2, 0.25) is 0 Å². The Kier molecular flexibility index (Phi) is 4.77. The van der Waals surface area contributed by atoms with Crippen LogP contribution < -0.4 is 10.6 Å². The predicted molar refractivity (Wildman–Crippen MR) is 111 cm³/mol. The van der Waals surface area contributed by atoms with Crippen LogP contribution in [0.1, 0.15) is 30.6 Å². The van der Waals surface area contributed by atoms with Crippen molar-refractivity contribution in [3.63, 3.8) is 0 Å². The second-order valence-electron chi connectivity index (χ2n) is 6.86. The first-order valence-corrected chi connectivity index (χ1v) is 10.4. The molecule has 2 aromatic heterocycles. The van der Waals surface area contributed by atoms with Gasteiger partial charge in [-0.2, -0.15) is 0 Å².